The molecule has 2 heteroatoms. The highest BCUT2D eigenvalue weighted by Gasteiger charge is 2.14. The lowest BCUT2D eigenvalue weighted by Gasteiger charge is -2.17. The second-order valence-electron chi connectivity index (χ2n) is 3.68. The van der Waals surface area contributed by atoms with Crippen LogP contribution in [0.1, 0.15) is 39.5 Å². The lowest BCUT2D eigenvalue weighted by Crippen LogP contribution is -2.23. The summed E-state index contributed by atoms with van der Waals surface area (Å²) in [7, 11) is 0. The van der Waals surface area contributed by atoms with E-state index in [0.717, 1.165) is 10.5 Å². The molecule has 1 aliphatic heterocycles. The van der Waals surface area contributed by atoms with E-state index in [4.69, 9.17) is 0 Å². The van der Waals surface area contributed by atoms with Gasteiger partial charge in [0.1, 0.15) is 0 Å². The van der Waals surface area contributed by atoms with Crippen LogP contribution in [0.5, 0.6) is 0 Å². The topological polar surface area (TPSA) is 12.0 Å². The van der Waals surface area contributed by atoms with Crippen molar-refractivity contribution in [2.75, 3.05) is 13.1 Å². The van der Waals surface area contributed by atoms with Crippen molar-refractivity contribution in [1.29, 1.82) is 0 Å². The van der Waals surface area contributed by atoms with Crippen LogP contribution < -0.4 is 5.32 Å². The van der Waals surface area contributed by atoms with E-state index in [1.807, 2.05) is 0 Å². The van der Waals surface area contributed by atoms with Gasteiger partial charge < -0.3 is 5.32 Å². The number of hydrogen-bond acceptors (Lipinski definition) is 2. The van der Waals surface area contributed by atoms with Crippen LogP contribution in [-0.4, -0.2) is 23.6 Å². The van der Waals surface area contributed by atoms with Gasteiger partial charge in [-0.25, -0.2) is 0 Å². The number of hydrogen-bond donors (Lipinski definition) is 1. The molecule has 1 saturated heterocycles. The molecule has 1 aliphatic rings. The van der Waals surface area contributed by atoms with Gasteiger partial charge >= 0.3 is 0 Å². The molecule has 72 valence electrons. The second-order valence-corrected chi connectivity index (χ2v) is 5.42. The van der Waals surface area contributed by atoms with Gasteiger partial charge in [-0.3, -0.25) is 0 Å². The molecule has 0 bridgehead atoms. The van der Waals surface area contributed by atoms with Gasteiger partial charge in [0.15, 0.2) is 0 Å². The Kier molecular flexibility index (Phi) is 5.08. The number of rotatable bonds is 3. The van der Waals surface area contributed by atoms with E-state index in [-0.39, 0.29) is 0 Å². The SMILES string of the molecule is CCC(C)SC1CCCCNC1. The molecule has 2 unspecified atom stereocenters. The van der Waals surface area contributed by atoms with Crippen LogP contribution in [0, 0.1) is 0 Å². The fourth-order valence-electron chi connectivity index (χ4n) is 1.53. The Morgan fingerprint density at radius 2 is 2.33 bits per heavy atom. The molecular weight excluding hydrogens is 166 g/mol. The molecule has 1 heterocycles. The van der Waals surface area contributed by atoms with Crippen LogP contribution in [0.3, 0.4) is 0 Å². The van der Waals surface area contributed by atoms with Gasteiger partial charge in [0.05, 0.1) is 0 Å². The normalized spacial score (nSPS) is 28.0. The van der Waals surface area contributed by atoms with E-state index in [0.29, 0.717) is 0 Å². The Balaban J connectivity index is 2.20. The summed E-state index contributed by atoms with van der Waals surface area (Å²) in [6, 6.07) is 0. The zero-order valence-corrected chi connectivity index (χ0v) is 9.12. The Morgan fingerprint density at radius 1 is 1.50 bits per heavy atom. The van der Waals surface area contributed by atoms with Gasteiger partial charge in [-0.05, 0) is 25.8 Å². The first-order valence-electron chi connectivity index (χ1n) is 5.19. The first-order chi connectivity index (χ1) is 5.83. The van der Waals surface area contributed by atoms with Gasteiger partial charge in [0, 0.05) is 17.0 Å². The van der Waals surface area contributed by atoms with E-state index in [2.05, 4.69) is 30.9 Å². The molecular formula is C10H21NS. The molecule has 0 aromatic rings. The van der Waals surface area contributed by atoms with Crippen LogP contribution >= 0.6 is 11.8 Å². The molecule has 1 rings (SSSR count). The van der Waals surface area contributed by atoms with Gasteiger partial charge in [-0.1, -0.05) is 20.3 Å². The van der Waals surface area contributed by atoms with Crippen molar-refractivity contribution in [3.05, 3.63) is 0 Å². The summed E-state index contributed by atoms with van der Waals surface area (Å²) in [5, 5.41) is 5.23. The monoisotopic (exact) mass is 187 g/mol. The highest BCUT2D eigenvalue weighted by atomic mass is 32.2. The summed E-state index contributed by atoms with van der Waals surface area (Å²) < 4.78 is 0. The van der Waals surface area contributed by atoms with Crippen molar-refractivity contribution in [3.8, 4) is 0 Å². The summed E-state index contributed by atoms with van der Waals surface area (Å²) in [6.45, 7) is 7.09. The highest BCUT2D eigenvalue weighted by Crippen LogP contribution is 2.24. The highest BCUT2D eigenvalue weighted by molar-refractivity contribution is 8.00. The summed E-state index contributed by atoms with van der Waals surface area (Å²) in [4.78, 5) is 0. The van der Waals surface area contributed by atoms with Gasteiger partial charge in [0.2, 0.25) is 0 Å². The van der Waals surface area contributed by atoms with Crippen LogP contribution in [0.25, 0.3) is 0 Å². The largest absolute Gasteiger partial charge is 0.316 e. The minimum atomic E-state index is 0.842. The quantitative estimate of drug-likeness (QED) is 0.729. The molecule has 0 aromatic carbocycles. The lowest BCUT2D eigenvalue weighted by molar-refractivity contribution is 0.705. The molecule has 1 fully saturated rings. The molecule has 2 atom stereocenters. The zero-order valence-electron chi connectivity index (χ0n) is 8.31. The van der Waals surface area contributed by atoms with Crippen molar-refractivity contribution >= 4 is 11.8 Å². The molecule has 0 aliphatic carbocycles. The smallest absolute Gasteiger partial charge is 0.0175 e. The third-order valence-corrected chi connectivity index (χ3v) is 4.09. The maximum atomic E-state index is 3.51. The lowest BCUT2D eigenvalue weighted by atomic mass is 10.2. The van der Waals surface area contributed by atoms with Crippen molar-refractivity contribution in [1.82, 2.24) is 5.32 Å². The van der Waals surface area contributed by atoms with Crippen LogP contribution in [0.15, 0.2) is 0 Å². The predicted molar refractivity (Wildman–Crippen MR) is 57.9 cm³/mol. The molecule has 0 radical (unpaired) electrons. The minimum Gasteiger partial charge on any atom is -0.316 e. The summed E-state index contributed by atoms with van der Waals surface area (Å²) >= 11 is 2.17. The van der Waals surface area contributed by atoms with Gasteiger partial charge in [0.25, 0.3) is 0 Å². The van der Waals surface area contributed by atoms with Crippen molar-refractivity contribution in [2.24, 2.45) is 0 Å². The molecule has 0 spiro atoms. The predicted octanol–water partition coefficient (Wildman–Crippen LogP) is 2.66. The summed E-state index contributed by atoms with van der Waals surface area (Å²) in [6.07, 6.45) is 5.52. The Bertz CT molecular complexity index is 108. The van der Waals surface area contributed by atoms with Gasteiger partial charge in [-0.15, -0.1) is 0 Å². The van der Waals surface area contributed by atoms with Crippen molar-refractivity contribution in [3.63, 3.8) is 0 Å². The molecule has 0 saturated carbocycles. The van der Waals surface area contributed by atoms with Crippen LogP contribution in [-0.2, 0) is 0 Å². The molecule has 0 aromatic heterocycles. The van der Waals surface area contributed by atoms with Crippen LogP contribution in [0.4, 0.5) is 0 Å². The number of nitrogens with one attached hydrogen (secondary N) is 1. The summed E-state index contributed by atoms with van der Waals surface area (Å²) in [5.74, 6) is 0. The van der Waals surface area contributed by atoms with E-state index < -0.39 is 0 Å². The third-order valence-electron chi connectivity index (χ3n) is 2.50. The molecule has 12 heavy (non-hydrogen) atoms. The Morgan fingerprint density at radius 3 is 3.08 bits per heavy atom. The maximum absolute atomic E-state index is 3.51. The number of thioether (sulfide) groups is 1. The van der Waals surface area contributed by atoms with Crippen LogP contribution in [0.2, 0.25) is 0 Å². The molecule has 0 amide bonds. The van der Waals surface area contributed by atoms with E-state index in [9.17, 15) is 0 Å². The Hall–Kier alpha value is 0.310. The average Bonchev–Trinajstić information content (AvgIpc) is 2.33. The maximum Gasteiger partial charge on any atom is 0.0175 e. The minimum absolute atomic E-state index is 0.842. The average molecular weight is 187 g/mol. The Labute approximate surface area is 80.7 Å². The van der Waals surface area contributed by atoms with E-state index >= 15 is 0 Å². The van der Waals surface area contributed by atoms with Crippen molar-refractivity contribution in [2.45, 2.75) is 50.0 Å². The molecule has 1 N–H and O–H groups in total. The fourth-order valence-corrected chi connectivity index (χ4v) is 2.89. The summed E-state index contributed by atoms with van der Waals surface area (Å²) in [5.41, 5.74) is 0. The van der Waals surface area contributed by atoms with Crippen molar-refractivity contribution < 1.29 is 0 Å². The standard InChI is InChI=1S/C10H21NS/c1-3-9(2)12-10-6-4-5-7-11-8-10/h9-11H,3-8H2,1-2H3. The first-order valence-corrected chi connectivity index (χ1v) is 6.13. The van der Waals surface area contributed by atoms with Gasteiger partial charge in [-0.2, -0.15) is 11.8 Å². The molecule has 1 nitrogen and oxygen atoms in total. The second kappa shape index (κ2) is 5.87. The fraction of sp³-hybridized carbons (Fsp3) is 1.00. The zero-order chi connectivity index (χ0) is 8.81. The van der Waals surface area contributed by atoms with E-state index in [1.54, 1.807) is 0 Å². The first kappa shape index (κ1) is 10.4. The third kappa shape index (κ3) is 3.81. The van der Waals surface area contributed by atoms with E-state index in [1.165, 1.54) is 38.8 Å².